The molecule has 22 heavy (non-hydrogen) atoms. The number of hydrogen-bond donors (Lipinski definition) is 1. The van der Waals surface area contributed by atoms with Crippen LogP contribution in [-0.4, -0.2) is 26.4 Å². The van der Waals surface area contributed by atoms with Crippen LogP contribution >= 0.6 is 34.7 Å². The van der Waals surface area contributed by atoms with Crippen LogP contribution < -0.4 is 5.32 Å². The molecular weight excluding hydrogens is 338 g/mol. The number of rotatable bonds is 4. The second-order valence-corrected chi connectivity index (χ2v) is 7.80. The summed E-state index contributed by atoms with van der Waals surface area (Å²) >= 11 is 9.21. The van der Waals surface area contributed by atoms with Crippen molar-refractivity contribution in [1.29, 1.82) is 0 Å². The Morgan fingerprint density at radius 2 is 2.18 bits per heavy atom. The number of benzene rings is 1. The van der Waals surface area contributed by atoms with E-state index in [1.165, 1.54) is 12.0 Å². The average Bonchev–Trinajstić information content (AvgIpc) is 3.22. The first kappa shape index (κ1) is 14.4. The van der Waals surface area contributed by atoms with E-state index in [2.05, 4.69) is 20.6 Å². The van der Waals surface area contributed by atoms with Crippen molar-refractivity contribution in [1.82, 2.24) is 25.1 Å². The van der Waals surface area contributed by atoms with Gasteiger partial charge in [0, 0.05) is 10.8 Å². The lowest BCUT2D eigenvalue weighted by molar-refractivity contribution is 0.582. The van der Waals surface area contributed by atoms with Gasteiger partial charge in [-0.1, -0.05) is 46.8 Å². The molecule has 0 radical (unpaired) electrons. The Bertz CT molecular complexity index is 776. The molecule has 1 N–H and O–H groups in total. The van der Waals surface area contributed by atoms with E-state index in [-0.39, 0.29) is 6.04 Å². The lowest BCUT2D eigenvalue weighted by Crippen LogP contribution is -2.16. The van der Waals surface area contributed by atoms with Crippen LogP contribution in [0.5, 0.6) is 0 Å². The van der Waals surface area contributed by atoms with Gasteiger partial charge in [-0.2, -0.15) is 4.52 Å². The molecule has 1 aliphatic rings. The highest BCUT2D eigenvalue weighted by atomic mass is 35.5. The molecule has 2 aromatic heterocycles. The van der Waals surface area contributed by atoms with Crippen LogP contribution in [0.4, 0.5) is 0 Å². The number of hydrogen-bond acceptors (Lipinski definition) is 6. The molecule has 0 saturated carbocycles. The molecule has 5 nitrogen and oxygen atoms in total. The fourth-order valence-electron chi connectivity index (χ4n) is 2.52. The van der Waals surface area contributed by atoms with E-state index in [0.29, 0.717) is 0 Å². The smallest absolute Gasteiger partial charge is 0.235 e. The molecule has 0 spiro atoms. The van der Waals surface area contributed by atoms with Gasteiger partial charge in [0.05, 0.1) is 6.04 Å². The highest BCUT2D eigenvalue weighted by Gasteiger charge is 2.23. The second-order valence-electron chi connectivity index (χ2n) is 5.18. The lowest BCUT2D eigenvalue weighted by atomic mass is 10.2. The molecule has 3 heterocycles. The predicted octanol–water partition coefficient (Wildman–Crippen LogP) is 3.56. The van der Waals surface area contributed by atoms with E-state index in [1.807, 2.05) is 28.8 Å². The molecule has 1 saturated heterocycles. The zero-order valence-corrected chi connectivity index (χ0v) is 14.1. The minimum Gasteiger partial charge on any atom is -0.307 e. The van der Waals surface area contributed by atoms with E-state index < -0.39 is 0 Å². The highest BCUT2D eigenvalue weighted by molar-refractivity contribution is 8.00. The van der Waals surface area contributed by atoms with Crippen LogP contribution in [-0.2, 0) is 5.75 Å². The van der Waals surface area contributed by atoms with Crippen molar-refractivity contribution in [3.8, 4) is 0 Å². The molecule has 4 rings (SSSR count). The summed E-state index contributed by atoms with van der Waals surface area (Å²) in [6, 6.07) is 8.21. The summed E-state index contributed by atoms with van der Waals surface area (Å²) in [4.78, 5) is 0.863. The van der Waals surface area contributed by atoms with E-state index in [0.717, 1.165) is 38.9 Å². The van der Waals surface area contributed by atoms with Crippen molar-refractivity contribution in [3.05, 3.63) is 40.7 Å². The maximum Gasteiger partial charge on any atom is 0.235 e. The Kier molecular flexibility index (Phi) is 4.04. The molecule has 0 bridgehead atoms. The average molecular weight is 352 g/mol. The molecular formula is C14H14ClN5S2. The van der Waals surface area contributed by atoms with Gasteiger partial charge in [-0.25, -0.2) is 0 Å². The summed E-state index contributed by atoms with van der Waals surface area (Å²) in [5.41, 5.74) is 1.23. The van der Waals surface area contributed by atoms with Crippen molar-refractivity contribution in [2.45, 2.75) is 29.0 Å². The van der Waals surface area contributed by atoms with Crippen LogP contribution in [0, 0.1) is 0 Å². The van der Waals surface area contributed by atoms with Gasteiger partial charge in [0.25, 0.3) is 0 Å². The number of aromatic nitrogens is 4. The third-order valence-electron chi connectivity index (χ3n) is 3.64. The first-order chi connectivity index (χ1) is 10.8. The summed E-state index contributed by atoms with van der Waals surface area (Å²) in [6.07, 6.45) is 2.29. The number of fused-ring (bicyclic) bond motifs is 1. The van der Waals surface area contributed by atoms with E-state index >= 15 is 0 Å². The topological polar surface area (TPSA) is 55.1 Å². The lowest BCUT2D eigenvalue weighted by Gasteiger charge is -2.04. The fourth-order valence-corrected chi connectivity index (χ4v) is 4.49. The highest BCUT2D eigenvalue weighted by Crippen LogP contribution is 2.30. The molecule has 1 aromatic carbocycles. The van der Waals surface area contributed by atoms with Gasteiger partial charge < -0.3 is 5.32 Å². The zero-order chi connectivity index (χ0) is 14.9. The predicted molar refractivity (Wildman–Crippen MR) is 89.6 cm³/mol. The van der Waals surface area contributed by atoms with E-state index in [9.17, 15) is 0 Å². The van der Waals surface area contributed by atoms with Crippen molar-refractivity contribution in [3.63, 3.8) is 0 Å². The van der Waals surface area contributed by atoms with Crippen LogP contribution in [0.3, 0.4) is 0 Å². The van der Waals surface area contributed by atoms with Crippen molar-refractivity contribution in [2.24, 2.45) is 0 Å². The Morgan fingerprint density at radius 3 is 2.95 bits per heavy atom. The van der Waals surface area contributed by atoms with Gasteiger partial charge in [0.1, 0.15) is 0 Å². The SMILES string of the molecule is Clc1ccc(CSc2nn3c(C4CCCN4)nnc3s2)cc1. The van der Waals surface area contributed by atoms with Gasteiger partial charge in [-0.05, 0) is 37.1 Å². The summed E-state index contributed by atoms with van der Waals surface area (Å²) in [5, 5.41) is 17.4. The van der Waals surface area contributed by atoms with Crippen molar-refractivity contribution < 1.29 is 0 Å². The maximum atomic E-state index is 5.91. The largest absolute Gasteiger partial charge is 0.307 e. The summed E-state index contributed by atoms with van der Waals surface area (Å²) in [5.74, 6) is 1.81. The molecule has 8 heteroatoms. The monoisotopic (exact) mass is 351 g/mol. The zero-order valence-electron chi connectivity index (χ0n) is 11.7. The third-order valence-corrected chi connectivity index (χ3v) is 6.00. The molecule has 3 aromatic rings. The maximum absolute atomic E-state index is 5.91. The third kappa shape index (κ3) is 2.86. The summed E-state index contributed by atoms with van der Waals surface area (Å²) in [6.45, 7) is 1.04. The quantitative estimate of drug-likeness (QED) is 0.728. The standard InChI is InChI=1S/C14H14ClN5S2/c15-10-5-3-9(4-6-10)8-21-14-19-20-12(11-2-1-7-16-11)17-18-13(20)22-14/h3-6,11,16H,1-2,7-8H2. The van der Waals surface area contributed by atoms with Crippen molar-refractivity contribution >= 4 is 39.7 Å². The van der Waals surface area contributed by atoms with E-state index in [1.54, 1.807) is 23.1 Å². The molecule has 1 aliphatic heterocycles. The second kappa shape index (κ2) is 6.16. The van der Waals surface area contributed by atoms with Crippen LogP contribution in [0.2, 0.25) is 5.02 Å². The van der Waals surface area contributed by atoms with Crippen LogP contribution in [0.15, 0.2) is 28.6 Å². The Hall–Kier alpha value is -1.15. The number of nitrogens with zero attached hydrogens (tertiary/aromatic N) is 4. The van der Waals surface area contributed by atoms with Crippen LogP contribution in [0.25, 0.3) is 4.96 Å². The molecule has 1 atom stereocenters. The van der Waals surface area contributed by atoms with Gasteiger partial charge in [-0.15, -0.1) is 15.3 Å². The first-order valence-corrected chi connectivity index (χ1v) is 9.30. The van der Waals surface area contributed by atoms with Crippen molar-refractivity contribution in [2.75, 3.05) is 6.54 Å². The molecule has 1 unspecified atom stereocenters. The Morgan fingerprint density at radius 1 is 1.32 bits per heavy atom. The van der Waals surface area contributed by atoms with Gasteiger partial charge in [-0.3, -0.25) is 0 Å². The number of nitrogens with one attached hydrogen (secondary N) is 1. The van der Waals surface area contributed by atoms with E-state index in [4.69, 9.17) is 11.6 Å². The van der Waals surface area contributed by atoms with Gasteiger partial charge in [0.2, 0.25) is 4.96 Å². The Balaban J connectivity index is 1.51. The number of halogens is 1. The minimum absolute atomic E-state index is 0.284. The fraction of sp³-hybridized carbons (Fsp3) is 0.357. The molecule has 0 aliphatic carbocycles. The summed E-state index contributed by atoms with van der Waals surface area (Å²) in [7, 11) is 0. The Labute approximate surface area is 141 Å². The molecule has 1 fully saturated rings. The molecule has 114 valence electrons. The summed E-state index contributed by atoms with van der Waals surface area (Å²) < 4.78 is 2.90. The van der Waals surface area contributed by atoms with Gasteiger partial charge >= 0.3 is 0 Å². The first-order valence-electron chi connectivity index (χ1n) is 7.12. The number of thioether (sulfide) groups is 1. The van der Waals surface area contributed by atoms with Crippen LogP contribution in [0.1, 0.15) is 30.3 Å². The minimum atomic E-state index is 0.284. The molecule has 0 amide bonds. The van der Waals surface area contributed by atoms with Gasteiger partial charge in [0.15, 0.2) is 10.2 Å². The normalized spacial score (nSPS) is 18.3.